The predicted molar refractivity (Wildman–Crippen MR) is 221 cm³/mol. The Hall–Kier alpha value is -6.90. The van der Waals surface area contributed by atoms with E-state index < -0.39 is 0 Å². The first-order valence-corrected chi connectivity index (χ1v) is 18.0. The lowest BCUT2D eigenvalue weighted by Gasteiger charge is -2.17. The zero-order chi connectivity index (χ0) is 35.3. The zero-order valence-corrected chi connectivity index (χ0v) is 28.8. The Balaban J connectivity index is 1.09. The van der Waals surface area contributed by atoms with Crippen LogP contribution in [0.25, 0.3) is 99.0 Å². The Morgan fingerprint density at radius 3 is 1.34 bits per heavy atom. The lowest BCUT2D eigenvalue weighted by molar-refractivity contribution is 0.628. The highest BCUT2D eigenvalue weighted by Gasteiger charge is 2.17. The second-order valence-electron chi connectivity index (χ2n) is 13.6. The summed E-state index contributed by atoms with van der Waals surface area (Å²) >= 11 is 0. The Labute approximate surface area is 307 Å². The SMILES string of the molecule is Fc1ccc(-c2nc3ccccc3c3c2cc(-c2ccc(-c4ccc(-c5ccc(-c6ccccc6)cc5)c5ccccc45)cc2)c2ccccc23)cc1. The standard InChI is InChI=1S/C51H32FN/c52-39-28-26-38(27-29-39)51-48-32-47(44-14-6-7-15-45(44)50(48)46-16-8-9-17-49(46)53-51)37-24-22-36(23-25-37)41-31-30-40(42-12-4-5-13-43(41)42)35-20-18-34(19-21-35)33-10-2-1-3-11-33/h1-32H. The summed E-state index contributed by atoms with van der Waals surface area (Å²) in [4.78, 5) is 5.15. The highest BCUT2D eigenvalue weighted by molar-refractivity contribution is 6.25. The average Bonchev–Trinajstić information content (AvgIpc) is 3.23. The van der Waals surface area contributed by atoms with Crippen LogP contribution in [0.3, 0.4) is 0 Å². The molecule has 10 rings (SSSR count). The second kappa shape index (κ2) is 12.7. The summed E-state index contributed by atoms with van der Waals surface area (Å²) in [6, 6.07) is 67.4. The average molecular weight is 678 g/mol. The molecule has 0 amide bonds. The molecule has 0 unspecified atom stereocenters. The molecule has 248 valence electrons. The lowest BCUT2D eigenvalue weighted by Crippen LogP contribution is -1.93. The number of nitrogens with zero attached hydrogens (tertiary/aromatic N) is 1. The van der Waals surface area contributed by atoms with Crippen LogP contribution in [0, 0.1) is 5.82 Å². The van der Waals surface area contributed by atoms with Crippen LogP contribution < -0.4 is 0 Å². The van der Waals surface area contributed by atoms with Crippen molar-refractivity contribution in [1.82, 2.24) is 4.98 Å². The number of fused-ring (bicyclic) bond motifs is 6. The molecule has 0 atom stereocenters. The van der Waals surface area contributed by atoms with Gasteiger partial charge in [-0.2, -0.15) is 0 Å². The third kappa shape index (κ3) is 5.35. The number of para-hydroxylation sites is 1. The van der Waals surface area contributed by atoms with E-state index in [-0.39, 0.29) is 5.82 Å². The molecule has 0 fully saturated rings. The summed E-state index contributed by atoms with van der Waals surface area (Å²) < 4.78 is 14.0. The van der Waals surface area contributed by atoms with Gasteiger partial charge in [0.05, 0.1) is 11.2 Å². The summed E-state index contributed by atoms with van der Waals surface area (Å²) in [5.74, 6) is -0.259. The molecule has 10 aromatic rings. The molecule has 0 aliphatic carbocycles. The molecule has 0 saturated carbocycles. The van der Waals surface area contributed by atoms with Crippen molar-refractivity contribution in [3.05, 3.63) is 200 Å². The summed E-state index contributed by atoms with van der Waals surface area (Å²) in [6.45, 7) is 0. The molecule has 0 aliphatic rings. The molecule has 9 aromatic carbocycles. The molecular formula is C51H32FN. The van der Waals surface area contributed by atoms with Gasteiger partial charge in [-0.05, 0) is 102 Å². The smallest absolute Gasteiger partial charge is 0.123 e. The van der Waals surface area contributed by atoms with Gasteiger partial charge in [-0.25, -0.2) is 9.37 Å². The van der Waals surface area contributed by atoms with Gasteiger partial charge in [0.25, 0.3) is 0 Å². The third-order valence-corrected chi connectivity index (χ3v) is 10.6. The fraction of sp³-hybridized carbons (Fsp3) is 0. The molecular weight excluding hydrogens is 646 g/mol. The van der Waals surface area contributed by atoms with E-state index in [1.807, 2.05) is 18.2 Å². The van der Waals surface area contributed by atoms with Gasteiger partial charge >= 0.3 is 0 Å². The minimum absolute atomic E-state index is 0.259. The molecule has 2 heteroatoms. The van der Waals surface area contributed by atoms with Crippen LogP contribution >= 0.6 is 0 Å². The Morgan fingerprint density at radius 2 is 0.736 bits per heavy atom. The fourth-order valence-corrected chi connectivity index (χ4v) is 7.99. The van der Waals surface area contributed by atoms with Crippen LogP contribution in [0.4, 0.5) is 4.39 Å². The number of hydrogen-bond donors (Lipinski definition) is 0. The summed E-state index contributed by atoms with van der Waals surface area (Å²) in [5.41, 5.74) is 12.2. The first-order chi connectivity index (χ1) is 26.2. The van der Waals surface area contributed by atoms with Crippen molar-refractivity contribution in [3.8, 4) is 55.8 Å². The summed E-state index contributed by atoms with van der Waals surface area (Å²) in [7, 11) is 0. The van der Waals surface area contributed by atoms with Gasteiger partial charge in [0.1, 0.15) is 5.82 Å². The number of hydrogen-bond acceptors (Lipinski definition) is 1. The quantitative estimate of drug-likeness (QED) is 0.165. The normalized spacial score (nSPS) is 11.5. The summed E-state index contributed by atoms with van der Waals surface area (Å²) in [6.07, 6.45) is 0. The van der Waals surface area contributed by atoms with Crippen molar-refractivity contribution >= 4 is 43.2 Å². The van der Waals surface area contributed by atoms with Crippen LogP contribution in [0.1, 0.15) is 0 Å². The maximum atomic E-state index is 14.0. The van der Waals surface area contributed by atoms with E-state index in [9.17, 15) is 4.39 Å². The van der Waals surface area contributed by atoms with Crippen molar-refractivity contribution < 1.29 is 4.39 Å². The molecule has 1 heterocycles. The van der Waals surface area contributed by atoms with Crippen molar-refractivity contribution in [1.29, 1.82) is 0 Å². The van der Waals surface area contributed by atoms with E-state index in [1.54, 1.807) is 0 Å². The maximum Gasteiger partial charge on any atom is 0.123 e. The molecule has 1 nitrogen and oxygen atoms in total. The molecule has 0 bridgehead atoms. The molecule has 0 saturated heterocycles. The maximum absolute atomic E-state index is 14.0. The van der Waals surface area contributed by atoms with E-state index in [0.717, 1.165) is 44.1 Å². The molecule has 1 aromatic heterocycles. The lowest BCUT2D eigenvalue weighted by atomic mass is 9.88. The number of aromatic nitrogens is 1. The van der Waals surface area contributed by atoms with Crippen LogP contribution in [0.2, 0.25) is 0 Å². The van der Waals surface area contributed by atoms with E-state index in [4.69, 9.17) is 4.98 Å². The molecule has 0 spiro atoms. The van der Waals surface area contributed by atoms with Crippen molar-refractivity contribution in [3.63, 3.8) is 0 Å². The number of rotatable bonds is 5. The van der Waals surface area contributed by atoms with Gasteiger partial charge in [0.15, 0.2) is 0 Å². The van der Waals surface area contributed by atoms with Gasteiger partial charge in [-0.3, -0.25) is 0 Å². The van der Waals surface area contributed by atoms with Gasteiger partial charge in [-0.15, -0.1) is 0 Å². The van der Waals surface area contributed by atoms with E-state index >= 15 is 0 Å². The number of pyridine rings is 1. The monoisotopic (exact) mass is 677 g/mol. The Kier molecular flexibility index (Phi) is 7.40. The summed E-state index contributed by atoms with van der Waals surface area (Å²) in [5, 5.41) is 8.12. The molecule has 0 aliphatic heterocycles. The minimum Gasteiger partial charge on any atom is -0.247 e. The first kappa shape index (κ1) is 30.9. The van der Waals surface area contributed by atoms with Crippen molar-refractivity contribution in [2.75, 3.05) is 0 Å². The number of benzene rings is 9. The molecule has 0 radical (unpaired) electrons. The Morgan fingerprint density at radius 1 is 0.302 bits per heavy atom. The van der Waals surface area contributed by atoms with Gasteiger partial charge in [0, 0.05) is 21.7 Å². The molecule has 0 N–H and O–H groups in total. The van der Waals surface area contributed by atoms with Crippen molar-refractivity contribution in [2.24, 2.45) is 0 Å². The Bertz CT molecular complexity index is 2960. The van der Waals surface area contributed by atoms with Crippen LogP contribution in [0.15, 0.2) is 194 Å². The first-order valence-electron chi connectivity index (χ1n) is 18.0. The van der Waals surface area contributed by atoms with Crippen LogP contribution in [-0.4, -0.2) is 4.98 Å². The predicted octanol–water partition coefficient (Wildman–Crippen LogP) is 14.2. The highest BCUT2D eigenvalue weighted by atomic mass is 19.1. The van der Waals surface area contributed by atoms with E-state index in [1.165, 1.54) is 67.1 Å². The number of halogens is 1. The van der Waals surface area contributed by atoms with E-state index in [0.29, 0.717) is 0 Å². The largest absolute Gasteiger partial charge is 0.247 e. The minimum atomic E-state index is -0.259. The van der Waals surface area contributed by atoms with Crippen LogP contribution in [0.5, 0.6) is 0 Å². The fourth-order valence-electron chi connectivity index (χ4n) is 7.99. The zero-order valence-electron chi connectivity index (χ0n) is 28.8. The van der Waals surface area contributed by atoms with Gasteiger partial charge in [-0.1, -0.05) is 158 Å². The highest BCUT2D eigenvalue weighted by Crippen LogP contribution is 2.43. The van der Waals surface area contributed by atoms with Crippen molar-refractivity contribution in [2.45, 2.75) is 0 Å². The third-order valence-electron chi connectivity index (χ3n) is 10.6. The molecule has 53 heavy (non-hydrogen) atoms. The van der Waals surface area contributed by atoms with Gasteiger partial charge < -0.3 is 0 Å². The van der Waals surface area contributed by atoms with Crippen LogP contribution in [-0.2, 0) is 0 Å². The second-order valence-corrected chi connectivity index (χ2v) is 13.6. The van der Waals surface area contributed by atoms with Gasteiger partial charge in [0.2, 0.25) is 0 Å². The topological polar surface area (TPSA) is 12.9 Å². The van der Waals surface area contributed by atoms with E-state index in [2.05, 4.69) is 164 Å².